The van der Waals surface area contributed by atoms with Gasteiger partial charge in [0, 0.05) is 6.54 Å². The van der Waals surface area contributed by atoms with E-state index in [9.17, 15) is 4.79 Å². The molecule has 0 saturated heterocycles. The number of benzene rings is 1. The lowest BCUT2D eigenvalue weighted by Gasteiger charge is -2.07. The van der Waals surface area contributed by atoms with Crippen molar-refractivity contribution in [2.45, 2.75) is 45.6 Å². The standard InChI is InChI=1S/C17H23N3O/c1-4-16-18-17(21)20(19-16)12-6-5-7-14-8-10-15(11-9-14)13(2)3/h4,8-11,13H,1,5-7,12H2,2-3H3,(H,18,19,21). The first-order valence-corrected chi connectivity index (χ1v) is 7.48. The lowest BCUT2D eigenvalue weighted by atomic mass is 10.00. The minimum Gasteiger partial charge on any atom is -0.289 e. The molecule has 0 amide bonds. The zero-order chi connectivity index (χ0) is 15.2. The first kappa shape index (κ1) is 15.3. The molecular weight excluding hydrogens is 262 g/mol. The van der Waals surface area contributed by atoms with Gasteiger partial charge in [0.05, 0.1) is 0 Å². The molecule has 1 heterocycles. The van der Waals surface area contributed by atoms with Crippen LogP contribution in [0, 0.1) is 0 Å². The predicted octanol–water partition coefficient (Wildman–Crippen LogP) is 3.36. The summed E-state index contributed by atoms with van der Waals surface area (Å²) in [6, 6.07) is 8.81. The van der Waals surface area contributed by atoms with E-state index in [0.717, 1.165) is 19.3 Å². The fraction of sp³-hybridized carbons (Fsp3) is 0.412. The van der Waals surface area contributed by atoms with Crippen LogP contribution in [0.3, 0.4) is 0 Å². The SMILES string of the molecule is C=Cc1nn(CCCCc2ccc(C(C)C)cc2)c(=O)[nH]1. The van der Waals surface area contributed by atoms with Gasteiger partial charge in [-0.3, -0.25) is 4.98 Å². The molecule has 21 heavy (non-hydrogen) atoms. The van der Waals surface area contributed by atoms with Crippen molar-refractivity contribution < 1.29 is 0 Å². The molecular formula is C17H23N3O. The number of aryl methyl sites for hydroxylation is 2. The highest BCUT2D eigenvalue weighted by atomic mass is 16.1. The average molecular weight is 285 g/mol. The first-order valence-electron chi connectivity index (χ1n) is 7.48. The lowest BCUT2D eigenvalue weighted by molar-refractivity contribution is 0.541. The number of nitrogens with one attached hydrogen (secondary N) is 1. The van der Waals surface area contributed by atoms with E-state index in [2.05, 4.69) is 54.8 Å². The van der Waals surface area contributed by atoms with Gasteiger partial charge in [0.15, 0.2) is 5.82 Å². The van der Waals surface area contributed by atoms with Crippen LogP contribution in [0.4, 0.5) is 0 Å². The van der Waals surface area contributed by atoms with E-state index in [1.165, 1.54) is 15.8 Å². The normalized spacial score (nSPS) is 11.0. The number of aromatic nitrogens is 3. The monoisotopic (exact) mass is 285 g/mol. The second kappa shape index (κ2) is 7.07. The number of aromatic amines is 1. The van der Waals surface area contributed by atoms with Gasteiger partial charge in [-0.1, -0.05) is 44.7 Å². The third-order valence-electron chi connectivity index (χ3n) is 3.62. The van der Waals surface area contributed by atoms with Crippen molar-refractivity contribution >= 4 is 6.08 Å². The molecule has 4 heteroatoms. The number of hydrogen-bond acceptors (Lipinski definition) is 2. The van der Waals surface area contributed by atoms with Crippen molar-refractivity contribution in [1.82, 2.24) is 14.8 Å². The Hall–Kier alpha value is -2.10. The Bertz CT molecular complexity index is 635. The molecule has 0 aliphatic heterocycles. The van der Waals surface area contributed by atoms with Crippen LogP contribution in [0.15, 0.2) is 35.6 Å². The number of unbranched alkanes of at least 4 members (excludes halogenated alkanes) is 1. The summed E-state index contributed by atoms with van der Waals surface area (Å²) in [5.41, 5.74) is 2.56. The van der Waals surface area contributed by atoms with E-state index in [-0.39, 0.29) is 5.69 Å². The van der Waals surface area contributed by atoms with Crippen molar-refractivity contribution in [2.24, 2.45) is 0 Å². The van der Waals surface area contributed by atoms with E-state index < -0.39 is 0 Å². The Morgan fingerprint density at radius 1 is 1.29 bits per heavy atom. The maximum atomic E-state index is 11.6. The molecule has 2 aromatic rings. The van der Waals surface area contributed by atoms with Crippen molar-refractivity contribution in [1.29, 1.82) is 0 Å². The molecule has 4 nitrogen and oxygen atoms in total. The molecule has 0 aliphatic rings. The molecule has 0 aliphatic carbocycles. The molecule has 1 aromatic carbocycles. The van der Waals surface area contributed by atoms with Crippen molar-refractivity contribution in [3.05, 3.63) is 58.3 Å². The largest absolute Gasteiger partial charge is 0.343 e. The molecule has 0 unspecified atom stereocenters. The molecule has 0 fully saturated rings. The smallest absolute Gasteiger partial charge is 0.289 e. The second-order valence-electron chi connectivity index (χ2n) is 5.60. The van der Waals surface area contributed by atoms with E-state index in [1.807, 2.05) is 0 Å². The summed E-state index contributed by atoms with van der Waals surface area (Å²) in [5.74, 6) is 1.11. The topological polar surface area (TPSA) is 50.7 Å². The predicted molar refractivity (Wildman–Crippen MR) is 86.4 cm³/mol. The molecule has 0 atom stereocenters. The van der Waals surface area contributed by atoms with Crippen LogP contribution in [0.1, 0.15) is 49.6 Å². The van der Waals surface area contributed by atoms with Crippen molar-refractivity contribution in [2.75, 3.05) is 0 Å². The fourth-order valence-corrected chi connectivity index (χ4v) is 2.28. The molecule has 0 spiro atoms. The number of rotatable bonds is 7. The van der Waals surface area contributed by atoms with E-state index in [0.29, 0.717) is 18.3 Å². The molecule has 0 bridgehead atoms. The number of nitrogens with zero attached hydrogens (tertiary/aromatic N) is 2. The summed E-state index contributed by atoms with van der Waals surface area (Å²) in [6.45, 7) is 8.65. The van der Waals surface area contributed by atoms with Gasteiger partial charge in [-0.05, 0) is 42.4 Å². The van der Waals surface area contributed by atoms with Gasteiger partial charge in [0.25, 0.3) is 0 Å². The molecule has 1 N–H and O–H groups in total. The van der Waals surface area contributed by atoms with Crippen LogP contribution >= 0.6 is 0 Å². The fourth-order valence-electron chi connectivity index (χ4n) is 2.28. The summed E-state index contributed by atoms with van der Waals surface area (Å²) in [6.07, 6.45) is 4.57. The van der Waals surface area contributed by atoms with Gasteiger partial charge in [0.1, 0.15) is 0 Å². The zero-order valence-electron chi connectivity index (χ0n) is 12.8. The second-order valence-corrected chi connectivity index (χ2v) is 5.60. The van der Waals surface area contributed by atoms with Crippen LogP contribution in [-0.4, -0.2) is 14.8 Å². The highest BCUT2D eigenvalue weighted by molar-refractivity contribution is 5.34. The Labute approximate surface area is 125 Å². The van der Waals surface area contributed by atoms with Gasteiger partial charge in [-0.25, -0.2) is 9.48 Å². The van der Waals surface area contributed by atoms with Crippen molar-refractivity contribution in [3.63, 3.8) is 0 Å². The lowest BCUT2D eigenvalue weighted by Crippen LogP contribution is -2.18. The maximum absolute atomic E-state index is 11.6. The highest BCUT2D eigenvalue weighted by Crippen LogP contribution is 2.15. The number of H-pyrrole nitrogens is 1. The Kier molecular flexibility index (Phi) is 5.14. The molecule has 0 saturated carbocycles. The molecule has 112 valence electrons. The molecule has 0 radical (unpaired) electrons. The van der Waals surface area contributed by atoms with Gasteiger partial charge in [-0.2, -0.15) is 5.10 Å². The van der Waals surface area contributed by atoms with E-state index in [4.69, 9.17) is 0 Å². The third kappa shape index (κ3) is 4.18. The average Bonchev–Trinajstić information content (AvgIpc) is 2.84. The summed E-state index contributed by atoms with van der Waals surface area (Å²) < 4.78 is 1.47. The molecule has 2 rings (SSSR count). The zero-order valence-corrected chi connectivity index (χ0v) is 12.8. The van der Waals surface area contributed by atoms with Crippen LogP contribution in [-0.2, 0) is 13.0 Å². The minimum atomic E-state index is -0.161. The Morgan fingerprint density at radius 2 is 2.00 bits per heavy atom. The minimum absolute atomic E-state index is 0.161. The maximum Gasteiger partial charge on any atom is 0.343 e. The molecule has 1 aromatic heterocycles. The summed E-state index contributed by atoms with van der Waals surface area (Å²) in [7, 11) is 0. The van der Waals surface area contributed by atoms with E-state index in [1.54, 1.807) is 6.08 Å². The van der Waals surface area contributed by atoms with Gasteiger partial charge in [-0.15, -0.1) is 0 Å². The van der Waals surface area contributed by atoms with Gasteiger partial charge >= 0.3 is 5.69 Å². The van der Waals surface area contributed by atoms with Crippen LogP contribution in [0.25, 0.3) is 6.08 Å². The van der Waals surface area contributed by atoms with Gasteiger partial charge < -0.3 is 0 Å². The quantitative estimate of drug-likeness (QED) is 0.793. The van der Waals surface area contributed by atoms with Crippen molar-refractivity contribution in [3.8, 4) is 0 Å². The summed E-state index contributed by atoms with van der Waals surface area (Å²) in [5, 5.41) is 4.13. The van der Waals surface area contributed by atoms with Crippen LogP contribution < -0.4 is 5.69 Å². The summed E-state index contributed by atoms with van der Waals surface area (Å²) >= 11 is 0. The Balaban J connectivity index is 1.80. The van der Waals surface area contributed by atoms with Crippen LogP contribution in [0.5, 0.6) is 0 Å². The summed E-state index contributed by atoms with van der Waals surface area (Å²) in [4.78, 5) is 14.2. The Morgan fingerprint density at radius 3 is 2.57 bits per heavy atom. The third-order valence-corrected chi connectivity index (χ3v) is 3.62. The van der Waals surface area contributed by atoms with E-state index >= 15 is 0 Å². The number of hydrogen-bond donors (Lipinski definition) is 1. The van der Waals surface area contributed by atoms with Gasteiger partial charge in [0.2, 0.25) is 0 Å². The highest BCUT2D eigenvalue weighted by Gasteiger charge is 2.02. The first-order chi connectivity index (χ1) is 10.1. The van der Waals surface area contributed by atoms with Crippen LogP contribution in [0.2, 0.25) is 0 Å².